The maximum atomic E-state index is 12.3. The molecule has 0 unspecified atom stereocenters. The van der Waals surface area contributed by atoms with Crippen LogP contribution in [0.5, 0.6) is 11.5 Å². The molecule has 0 amide bonds. The van der Waals surface area contributed by atoms with Crippen LogP contribution in [0.4, 0.5) is 13.2 Å². The Kier molecular flexibility index (Phi) is 6.01. The van der Waals surface area contributed by atoms with Gasteiger partial charge in [0, 0.05) is 6.20 Å². The molecule has 1 heterocycles. The first-order valence-electron chi connectivity index (χ1n) is 7.42. The Labute approximate surface area is 143 Å². The monoisotopic (exact) mass is 348 g/mol. The minimum atomic E-state index is -4.44. The molecular formula is C18H15F3N2O2. The van der Waals surface area contributed by atoms with Crippen LogP contribution in [0.15, 0.2) is 42.6 Å². The van der Waals surface area contributed by atoms with E-state index in [-0.39, 0.29) is 18.1 Å². The van der Waals surface area contributed by atoms with Crippen molar-refractivity contribution in [3.05, 3.63) is 53.9 Å². The number of aromatic nitrogens is 1. The fourth-order valence-electron chi connectivity index (χ4n) is 2.01. The van der Waals surface area contributed by atoms with E-state index in [1.807, 2.05) is 0 Å². The van der Waals surface area contributed by atoms with Crippen LogP contribution in [0, 0.1) is 11.3 Å². The average molecular weight is 348 g/mol. The largest absolute Gasteiger partial charge is 0.490 e. The summed E-state index contributed by atoms with van der Waals surface area (Å²) in [5, 5.41) is 9.30. The molecule has 1 aromatic carbocycles. The molecule has 25 heavy (non-hydrogen) atoms. The van der Waals surface area contributed by atoms with Crippen LogP contribution < -0.4 is 9.47 Å². The van der Waals surface area contributed by atoms with Gasteiger partial charge in [-0.2, -0.15) is 18.4 Å². The molecule has 0 fully saturated rings. The smallest absolute Gasteiger partial charge is 0.422 e. The molecule has 0 N–H and O–H groups in total. The number of alkyl halides is 3. The Balaban J connectivity index is 2.31. The van der Waals surface area contributed by atoms with Gasteiger partial charge >= 0.3 is 6.18 Å². The van der Waals surface area contributed by atoms with Crippen molar-refractivity contribution in [2.75, 3.05) is 13.2 Å². The van der Waals surface area contributed by atoms with Gasteiger partial charge in [-0.1, -0.05) is 12.1 Å². The Bertz CT molecular complexity index is 781. The van der Waals surface area contributed by atoms with Gasteiger partial charge in [0.15, 0.2) is 18.1 Å². The fourth-order valence-corrected chi connectivity index (χ4v) is 2.01. The van der Waals surface area contributed by atoms with Crippen LogP contribution in [0.1, 0.15) is 18.2 Å². The SMILES string of the molecule is CCOc1cc(/C=C(/C#N)c2ccccn2)ccc1OCC(F)(F)F. The highest BCUT2D eigenvalue weighted by Crippen LogP contribution is 2.31. The Morgan fingerprint density at radius 1 is 1.20 bits per heavy atom. The summed E-state index contributed by atoms with van der Waals surface area (Å²) in [4.78, 5) is 4.11. The van der Waals surface area contributed by atoms with Crippen molar-refractivity contribution in [2.45, 2.75) is 13.1 Å². The summed E-state index contributed by atoms with van der Waals surface area (Å²) in [6.45, 7) is 0.575. The highest BCUT2D eigenvalue weighted by molar-refractivity contribution is 5.88. The van der Waals surface area contributed by atoms with Crippen molar-refractivity contribution in [2.24, 2.45) is 0 Å². The van der Waals surface area contributed by atoms with Crippen LogP contribution >= 0.6 is 0 Å². The molecule has 130 valence electrons. The lowest BCUT2D eigenvalue weighted by Crippen LogP contribution is -2.19. The standard InChI is InChI=1S/C18H15F3N2O2/c1-2-24-17-10-13(6-7-16(17)25-12-18(19,20)21)9-14(11-22)15-5-3-4-8-23-15/h3-10H,2,12H2,1H3/b14-9-. The van der Waals surface area contributed by atoms with Gasteiger partial charge in [0.1, 0.15) is 6.07 Å². The quantitative estimate of drug-likeness (QED) is 0.722. The fraction of sp³-hybridized carbons (Fsp3) is 0.222. The number of ether oxygens (including phenoxy) is 2. The number of allylic oxidation sites excluding steroid dienone is 1. The van der Waals surface area contributed by atoms with E-state index in [0.717, 1.165) is 0 Å². The molecule has 0 saturated carbocycles. The number of nitriles is 1. The molecular weight excluding hydrogens is 333 g/mol. The van der Waals surface area contributed by atoms with Crippen molar-refractivity contribution in [3.8, 4) is 17.6 Å². The van der Waals surface area contributed by atoms with E-state index < -0.39 is 12.8 Å². The third-order valence-electron chi connectivity index (χ3n) is 3.03. The van der Waals surface area contributed by atoms with Crippen LogP contribution in [-0.4, -0.2) is 24.4 Å². The van der Waals surface area contributed by atoms with Crippen LogP contribution in [-0.2, 0) is 0 Å². The van der Waals surface area contributed by atoms with E-state index in [4.69, 9.17) is 9.47 Å². The Morgan fingerprint density at radius 2 is 2.00 bits per heavy atom. The van der Waals surface area contributed by atoms with Gasteiger partial charge in [0.2, 0.25) is 0 Å². The molecule has 2 aromatic rings. The van der Waals surface area contributed by atoms with Crippen LogP contribution in [0.2, 0.25) is 0 Å². The number of pyridine rings is 1. The zero-order valence-electron chi connectivity index (χ0n) is 13.4. The van der Waals surface area contributed by atoms with Gasteiger partial charge < -0.3 is 9.47 Å². The van der Waals surface area contributed by atoms with Crippen LogP contribution in [0.25, 0.3) is 11.6 Å². The van der Waals surface area contributed by atoms with Gasteiger partial charge in [-0.25, -0.2) is 0 Å². The maximum absolute atomic E-state index is 12.3. The number of nitrogens with zero attached hydrogens (tertiary/aromatic N) is 2. The number of rotatable bonds is 6. The van der Waals surface area contributed by atoms with Gasteiger partial charge in [-0.15, -0.1) is 0 Å². The molecule has 0 spiro atoms. The predicted octanol–water partition coefficient (Wildman–Crippen LogP) is 4.49. The first-order valence-corrected chi connectivity index (χ1v) is 7.42. The third kappa shape index (κ3) is 5.53. The van der Waals surface area contributed by atoms with E-state index in [2.05, 4.69) is 11.1 Å². The third-order valence-corrected chi connectivity index (χ3v) is 3.03. The summed E-state index contributed by atoms with van der Waals surface area (Å²) in [7, 11) is 0. The number of benzene rings is 1. The van der Waals surface area contributed by atoms with E-state index in [1.165, 1.54) is 12.1 Å². The van der Waals surface area contributed by atoms with Crippen LogP contribution in [0.3, 0.4) is 0 Å². The molecule has 0 aliphatic rings. The lowest BCUT2D eigenvalue weighted by Gasteiger charge is -2.14. The summed E-state index contributed by atoms with van der Waals surface area (Å²) in [5.74, 6) is 0.173. The highest BCUT2D eigenvalue weighted by atomic mass is 19.4. The summed E-state index contributed by atoms with van der Waals surface area (Å²) in [6, 6.07) is 11.7. The molecule has 1 aromatic heterocycles. The second kappa shape index (κ2) is 8.20. The highest BCUT2D eigenvalue weighted by Gasteiger charge is 2.29. The number of halogens is 3. The van der Waals surface area contributed by atoms with Crippen molar-refractivity contribution in [1.82, 2.24) is 4.98 Å². The molecule has 2 rings (SSSR count). The van der Waals surface area contributed by atoms with Crippen molar-refractivity contribution in [3.63, 3.8) is 0 Å². The average Bonchev–Trinajstić information content (AvgIpc) is 2.59. The molecule has 0 radical (unpaired) electrons. The Morgan fingerprint density at radius 3 is 2.60 bits per heavy atom. The molecule has 0 bridgehead atoms. The first kappa shape index (κ1) is 18.3. The van der Waals surface area contributed by atoms with Crippen molar-refractivity contribution >= 4 is 11.6 Å². The zero-order valence-corrected chi connectivity index (χ0v) is 13.4. The predicted molar refractivity (Wildman–Crippen MR) is 86.9 cm³/mol. The topological polar surface area (TPSA) is 55.1 Å². The zero-order chi connectivity index (χ0) is 18.3. The molecule has 7 heteroatoms. The minimum Gasteiger partial charge on any atom is -0.490 e. The molecule has 0 atom stereocenters. The minimum absolute atomic E-state index is 0.00679. The van der Waals surface area contributed by atoms with Crippen molar-refractivity contribution in [1.29, 1.82) is 5.26 Å². The van der Waals surface area contributed by atoms with E-state index in [0.29, 0.717) is 16.8 Å². The lowest BCUT2D eigenvalue weighted by atomic mass is 10.1. The number of hydrogen-bond acceptors (Lipinski definition) is 4. The van der Waals surface area contributed by atoms with Gasteiger partial charge in [0.25, 0.3) is 0 Å². The second-order valence-corrected chi connectivity index (χ2v) is 4.93. The summed E-state index contributed by atoms with van der Waals surface area (Å²) < 4.78 is 47.1. The molecule has 4 nitrogen and oxygen atoms in total. The first-order chi connectivity index (χ1) is 11.9. The van der Waals surface area contributed by atoms with Gasteiger partial charge in [0.05, 0.1) is 17.9 Å². The molecule has 0 saturated heterocycles. The van der Waals surface area contributed by atoms with Gasteiger partial charge in [-0.05, 0) is 42.8 Å². The number of hydrogen-bond donors (Lipinski definition) is 0. The maximum Gasteiger partial charge on any atom is 0.422 e. The Hall–Kier alpha value is -3.01. The van der Waals surface area contributed by atoms with E-state index in [1.54, 1.807) is 43.5 Å². The van der Waals surface area contributed by atoms with Crippen molar-refractivity contribution < 1.29 is 22.6 Å². The summed E-state index contributed by atoms with van der Waals surface area (Å²) >= 11 is 0. The summed E-state index contributed by atoms with van der Waals surface area (Å²) in [6.07, 6.45) is -1.28. The van der Waals surface area contributed by atoms with Gasteiger partial charge in [-0.3, -0.25) is 4.98 Å². The van der Waals surface area contributed by atoms with E-state index >= 15 is 0 Å². The summed E-state index contributed by atoms with van der Waals surface area (Å²) in [5.41, 5.74) is 1.41. The normalized spacial score (nSPS) is 11.7. The second-order valence-electron chi connectivity index (χ2n) is 4.93. The molecule has 0 aliphatic carbocycles. The lowest BCUT2D eigenvalue weighted by molar-refractivity contribution is -0.153. The van der Waals surface area contributed by atoms with E-state index in [9.17, 15) is 18.4 Å². The molecule has 0 aliphatic heterocycles.